The van der Waals surface area contributed by atoms with E-state index in [0.29, 0.717) is 6.04 Å². The normalized spacial score (nSPS) is 12.5. The van der Waals surface area contributed by atoms with E-state index < -0.39 is 0 Å². The summed E-state index contributed by atoms with van der Waals surface area (Å²) in [6.45, 7) is 7.71. The average Bonchev–Trinajstić information content (AvgIpc) is 2.20. The lowest BCUT2D eigenvalue weighted by Gasteiger charge is -2.16. The van der Waals surface area contributed by atoms with Gasteiger partial charge in [-0.3, -0.25) is 0 Å². The van der Waals surface area contributed by atoms with Crippen molar-refractivity contribution in [3.8, 4) is 0 Å². The minimum Gasteiger partial charge on any atom is -0.380 e. The van der Waals surface area contributed by atoms with E-state index in [9.17, 15) is 0 Å². The standard InChI is InChI=1S/C12H18BrNO/c1-4-15-8-10(3)14-12-7-9(2)5-6-11(12)13/h5-7,10,14H,4,8H2,1-3H3. The van der Waals surface area contributed by atoms with E-state index in [1.54, 1.807) is 0 Å². The number of hydrogen-bond donors (Lipinski definition) is 1. The van der Waals surface area contributed by atoms with Gasteiger partial charge in [0.1, 0.15) is 0 Å². The predicted molar refractivity (Wildman–Crippen MR) is 68.5 cm³/mol. The lowest BCUT2D eigenvalue weighted by Crippen LogP contribution is -2.21. The van der Waals surface area contributed by atoms with Gasteiger partial charge in [-0.1, -0.05) is 6.07 Å². The summed E-state index contributed by atoms with van der Waals surface area (Å²) in [6, 6.07) is 6.60. The third-order valence-corrected chi connectivity index (χ3v) is 2.79. The van der Waals surface area contributed by atoms with Gasteiger partial charge in [0.25, 0.3) is 0 Å². The third kappa shape index (κ3) is 4.22. The van der Waals surface area contributed by atoms with Crippen LogP contribution in [0.4, 0.5) is 5.69 Å². The fourth-order valence-corrected chi connectivity index (χ4v) is 1.71. The summed E-state index contributed by atoms with van der Waals surface area (Å²) in [5, 5.41) is 3.41. The van der Waals surface area contributed by atoms with Crippen LogP contribution in [-0.4, -0.2) is 19.3 Å². The van der Waals surface area contributed by atoms with Crippen LogP contribution >= 0.6 is 15.9 Å². The first kappa shape index (κ1) is 12.5. The Morgan fingerprint density at radius 3 is 2.87 bits per heavy atom. The molecule has 0 heterocycles. The first-order valence-corrected chi connectivity index (χ1v) is 6.03. The molecular weight excluding hydrogens is 254 g/mol. The van der Waals surface area contributed by atoms with Crippen LogP contribution in [0, 0.1) is 6.92 Å². The van der Waals surface area contributed by atoms with Gasteiger partial charge in [-0.2, -0.15) is 0 Å². The summed E-state index contributed by atoms with van der Waals surface area (Å²) in [5.74, 6) is 0. The van der Waals surface area contributed by atoms with Crippen molar-refractivity contribution in [3.63, 3.8) is 0 Å². The summed E-state index contributed by atoms with van der Waals surface area (Å²) in [5.41, 5.74) is 2.38. The molecule has 2 nitrogen and oxygen atoms in total. The number of aryl methyl sites for hydroxylation is 1. The second-order valence-electron chi connectivity index (χ2n) is 3.69. The van der Waals surface area contributed by atoms with Crippen molar-refractivity contribution in [2.45, 2.75) is 26.8 Å². The van der Waals surface area contributed by atoms with Crippen LogP contribution in [0.5, 0.6) is 0 Å². The molecule has 0 bridgehead atoms. The zero-order chi connectivity index (χ0) is 11.3. The first-order chi connectivity index (χ1) is 7.13. The van der Waals surface area contributed by atoms with Crippen LogP contribution in [0.1, 0.15) is 19.4 Å². The van der Waals surface area contributed by atoms with Gasteiger partial charge in [0, 0.05) is 22.8 Å². The molecule has 0 saturated heterocycles. The molecule has 0 radical (unpaired) electrons. The van der Waals surface area contributed by atoms with Crippen molar-refractivity contribution in [1.29, 1.82) is 0 Å². The molecule has 1 atom stereocenters. The molecule has 0 saturated carbocycles. The highest BCUT2D eigenvalue weighted by Crippen LogP contribution is 2.23. The molecule has 1 aromatic carbocycles. The summed E-state index contributed by atoms with van der Waals surface area (Å²) in [7, 11) is 0. The molecule has 0 fully saturated rings. The van der Waals surface area contributed by atoms with Crippen molar-refractivity contribution < 1.29 is 4.74 Å². The van der Waals surface area contributed by atoms with E-state index in [4.69, 9.17) is 4.74 Å². The maximum atomic E-state index is 5.36. The maximum Gasteiger partial charge on any atom is 0.0664 e. The highest BCUT2D eigenvalue weighted by atomic mass is 79.9. The van der Waals surface area contributed by atoms with E-state index in [2.05, 4.69) is 53.3 Å². The molecule has 0 amide bonds. The molecule has 1 rings (SSSR count). The van der Waals surface area contributed by atoms with Crippen molar-refractivity contribution in [2.75, 3.05) is 18.5 Å². The van der Waals surface area contributed by atoms with Gasteiger partial charge < -0.3 is 10.1 Å². The van der Waals surface area contributed by atoms with Crippen LogP contribution in [-0.2, 0) is 4.74 Å². The number of benzene rings is 1. The quantitative estimate of drug-likeness (QED) is 0.884. The lowest BCUT2D eigenvalue weighted by molar-refractivity contribution is 0.141. The Morgan fingerprint density at radius 2 is 2.20 bits per heavy atom. The largest absolute Gasteiger partial charge is 0.380 e. The summed E-state index contributed by atoms with van der Waals surface area (Å²) in [6.07, 6.45) is 0. The van der Waals surface area contributed by atoms with Crippen molar-refractivity contribution in [3.05, 3.63) is 28.2 Å². The van der Waals surface area contributed by atoms with Crippen LogP contribution in [0.15, 0.2) is 22.7 Å². The van der Waals surface area contributed by atoms with E-state index in [0.717, 1.165) is 23.4 Å². The van der Waals surface area contributed by atoms with Gasteiger partial charge in [0.05, 0.1) is 6.61 Å². The lowest BCUT2D eigenvalue weighted by atomic mass is 10.2. The fraction of sp³-hybridized carbons (Fsp3) is 0.500. The second-order valence-corrected chi connectivity index (χ2v) is 4.54. The van der Waals surface area contributed by atoms with E-state index >= 15 is 0 Å². The highest BCUT2D eigenvalue weighted by molar-refractivity contribution is 9.10. The zero-order valence-electron chi connectivity index (χ0n) is 9.51. The number of anilines is 1. The molecule has 0 aromatic heterocycles. The molecule has 0 spiro atoms. The average molecular weight is 272 g/mol. The number of nitrogens with one attached hydrogen (secondary N) is 1. The SMILES string of the molecule is CCOCC(C)Nc1cc(C)ccc1Br. The molecule has 15 heavy (non-hydrogen) atoms. The molecule has 1 N–H and O–H groups in total. The van der Waals surface area contributed by atoms with Crippen molar-refractivity contribution >= 4 is 21.6 Å². The monoisotopic (exact) mass is 271 g/mol. The smallest absolute Gasteiger partial charge is 0.0664 e. The Kier molecular flexibility index (Phi) is 5.12. The maximum absolute atomic E-state index is 5.36. The molecule has 0 aliphatic carbocycles. The van der Waals surface area contributed by atoms with Crippen molar-refractivity contribution in [1.82, 2.24) is 0 Å². The van der Waals surface area contributed by atoms with Gasteiger partial charge >= 0.3 is 0 Å². The van der Waals surface area contributed by atoms with Gasteiger partial charge in [-0.25, -0.2) is 0 Å². The van der Waals surface area contributed by atoms with Crippen molar-refractivity contribution in [2.24, 2.45) is 0 Å². The Balaban J connectivity index is 2.59. The topological polar surface area (TPSA) is 21.3 Å². The van der Waals surface area contributed by atoms with Crippen LogP contribution in [0.25, 0.3) is 0 Å². The van der Waals surface area contributed by atoms with E-state index in [-0.39, 0.29) is 0 Å². The van der Waals surface area contributed by atoms with Crippen LogP contribution in [0.2, 0.25) is 0 Å². The number of ether oxygens (including phenoxy) is 1. The molecule has 84 valence electrons. The minimum absolute atomic E-state index is 0.322. The summed E-state index contributed by atoms with van der Waals surface area (Å²) >= 11 is 3.52. The molecule has 1 unspecified atom stereocenters. The summed E-state index contributed by atoms with van der Waals surface area (Å²) in [4.78, 5) is 0. The molecule has 0 aliphatic rings. The van der Waals surface area contributed by atoms with Crippen LogP contribution in [0.3, 0.4) is 0 Å². The summed E-state index contributed by atoms with van der Waals surface area (Å²) < 4.78 is 6.45. The molecule has 3 heteroatoms. The van der Waals surface area contributed by atoms with Gasteiger partial charge in [-0.05, 0) is 54.4 Å². The third-order valence-electron chi connectivity index (χ3n) is 2.10. The van der Waals surface area contributed by atoms with E-state index in [1.807, 2.05) is 6.92 Å². The first-order valence-electron chi connectivity index (χ1n) is 5.24. The molecule has 0 aliphatic heterocycles. The van der Waals surface area contributed by atoms with Gasteiger partial charge in [-0.15, -0.1) is 0 Å². The number of halogens is 1. The van der Waals surface area contributed by atoms with E-state index in [1.165, 1.54) is 5.56 Å². The predicted octanol–water partition coefficient (Wildman–Crippen LogP) is 3.59. The second kappa shape index (κ2) is 6.13. The number of rotatable bonds is 5. The zero-order valence-corrected chi connectivity index (χ0v) is 11.1. The Labute approximate surface area is 100 Å². The van der Waals surface area contributed by atoms with Gasteiger partial charge in [0.15, 0.2) is 0 Å². The highest BCUT2D eigenvalue weighted by Gasteiger charge is 2.04. The van der Waals surface area contributed by atoms with Crippen LogP contribution < -0.4 is 5.32 Å². The fourth-order valence-electron chi connectivity index (χ4n) is 1.35. The molecule has 1 aromatic rings. The Bertz CT molecular complexity index is 314. The number of hydrogen-bond acceptors (Lipinski definition) is 2. The van der Waals surface area contributed by atoms with Gasteiger partial charge in [0.2, 0.25) is 0 Å². The minimum atomic E-state index is 0.322. The Morgan fingerprint density at radius 1 is 1.47 bits per heavy atom. The molecular formula is C12H18BrNO. The Hall–Kier alpha value is -0.540.